The highest BCUT2D eigenvalue weighted by Crippen LogP contribution is 2.37. The molecule has 5 heteroatoms. The lowest BCUT2D eigenvalue weighted by Crippen LogP contribution is -2.37. The van der Waals surface area contributed by atoms with Crippen molar-refractivity contribution in [2.45, 2.75) is 45.3 Å². The number of aromatic nitrogens is 2. The van der Waals surface area contributed by atoms with Gasteiger partial charge in [-0.05, 0) is 38.5 Å². The first kappa shape index (κ1) is 14.1. The molecule has 2 heterocycles. The Morgan fingerprint density at radius 3 is 2.90 bits per heavy atom. The van der Waals surface area contributed by atoms with E-state index in [1.807, 2.05) is 0 Å². The van der Waals surface area contributed by atoms with Gasteiger partial charge < -0.3 is 14.4 Å². The number of aromatic carboxylic acids is 1. The Labute approximate surface area is 123 Å². The number of carbonyl (C=O) groups is 1. The van der Waals surface area contributed by atoms with Crippen LogP contribution in [0.1, 0.15) is 43.4 Å². The molecule has 21 heavy (non-hydrogen) atoms. The largest absolute Gasteiger partial charge is 0.478 e. The van der Waals surface area contributed by atoms with E-state index in [1.54, 1.807) is 18.2 Å². The fourth-order valence-electron chi connectivity index (χ4n) is 3.18. The van der Waals surface area contributed by atoms with Gasteiger partial charge in [-0.2, -0.15) is 0 Å². The van der Waals surface area contributed by atoms with Crippen LogP contribution in [0.3, 0.4) is 0 Å². The standard InChI is InChI=1S/C16H20N2O3/c1-4-14-17-12-6-5-11(15(19)20)9-13(12)18(14)16(3)7-8-21-10(16)2/h5-6,9-10H,4,7-8H2,1-3H3,(H,19,20). The van der Waals surface area contributed by atoms with E-state index in [9.17, 15) is 9.90 Å². The molecule has 112 valence electrons. The van der Waals surface area contributed by atoms with Crippen LogP contribution in [0.15, 0.2) is 18.2 Å². The molecule has 2 atom stereocenters. The Morgan fingerprint density at radius 1 is 1.57 bits per heavy atom. The number of hydrogen-bond acceptors (Lipinski definition) is 3. The zero-order valence-electron chi connectivity index (χ0n) is 12.6. The lowest BCUT2D eigenvalue weighted by atomic mass is 9.93. The number of hydrogen-bond donors (Lipinski definition) is 1. The summed E-state index contributed by atoms with van der Waals surface area (Å²) in [5, 5.41) is 9.23. The van der Waals surface area contributed by atoms with Crippen LogP contribution in [-0.4, -0.2) is 33.3 Å². The molecule has 1 aliphatic rings. The Hall–Kier alpha value is -1.88. The molecule has 0 radical (unpaired) electrons. The van der Waals surface area contributed by atoms with Crippen molar-refractivity contribution in [3.8, 4) is 0 Å². The van der Waals surface area contributed by atoms with Gasteiger partial charge in [-0.1, -0.05) is 6.92 Å². The zero-order chi connectivity index (χ0) is 15.2. The maximum Gasteiger partial charge on any atom is 0.335 e. The van der Waals surface area contributed by atoms with Crippen molar-refractivity contribution >= 4 is 17.0 Å². The first-order chi connectivity index (χ1) is 9.97. The molecule has 1 saturated heterocycles. The van der Waals surface area contributed by atoms with Crippen LogP contribution in [0.5, 0.6) is 0 Å². The van der Waals surface area contributed by atoms with Crippen molar-refractivity contribution in [3.63, 3.8) is 0 Å². The number of rotatable bonds is 3. The summed E-state index contributed by atoms with van der Waals surface area (Å²) in [6, 6.07) is 5.12. The predicted molar refractivity (Wildman–Crippen MR) is 79.7 cm³/mol. The first-order valence-electron chi connectivity index (χ1n) is 7.34. The molecule has 1 N–H and O–H groups in total. The fraction of sp³-hybridized carbons (Fsp3) is 0.500. The second-order valence-corrected chi connectivity index (χ2v) is 5.85. The number of nitrogens with zero attached hydrogens (tertiary/aromatic N) is 2. The number of benzene rings is 1. The van der Waals surface area contributed by atoms with Crippen LogP contribution in [0, 0.1) is 0 Å². The minimum absolute atomic E-state index is 0.0775. The van der Waals surface area contributed by atoms with Gasteiger partial charge in [-0.15, -0.1) is 0 Å². The maximum absolute atomic E-state index is 11.2. The molecule has 0 bridgehead atoms. The van der Waals surface area contributed by atoms with Gasteiger partial charge in [0.2, 0.25) is 0 Å². The Morgan fingerprint density at radius 2 is 2.33 bits per heavy atom. The second kappa shape index (κ2) is 4.84. The highest BCUT2D eigenvalue weighted by molar-refractivity contribution is 5.92. The van der Waals surface area contributed by atoms with E-state index in [1.165, 1.54) is 0 Å². The SMILES string of the molecule is CCc1nc2ccc(C(=O)O)cc2n1C1(C)CCOC1C. The number of ether oxygens (including phenoxy) is 1. The van der Waals surface area contributed by atoms with E-state index in [0.717, 1.165) is 36.3 Å². The molecule has 1 aromatic carbocycles. The molecule has 2 aromatic rings. The number of fused-ring (bicyclic) bond motifs is 1. The Bertz CT molecular complexity index is 707. The van der Waals surface area contributed by atoms with Crippen molar-refractivity contribution in [1.82, 2.24) is 9.55 Å². The molecule has 0 spiro atoms. The number of carboxylic acid groups (broad SMARTS) is 1. The molecule has 1 fully saturated rings. The smallest absolute Gasteiger partial charge is 0.335 e. The number of aryl methyl sites for hydroxylation is 1. The van der Waals surface area contributed by atoms with Crippen LogP contribution in [0.4, 0.5) is 0 Å². The van der Waals surface area contributed by atoms with Crippen molar-refractivity contribution in [3.05, 3.63) is 29.6 Å². The Kier molecular flexibility index (Phi) is 3.24. The molecule has 1 aromatic heterocycles. The molecule has 2 unspecified atom stereocenters. The van der Waals surface area contributed by atoms with Crippen molar-refractivity contribution in [2.75, 3.05) is 6.61 Å². The van der Waals surface area contributed by atoms with Crippen molar-refractivity contribution in [2.24, 2.45) is 0 Å². The third-order valence-electron chi connectivity index (χ3n) is 4.65. The molecule has 0 aliphatic carbocycles. The fourth-order valence-corrected chi connectivity index (χ4v) is 3.18. The normalized spacial score (nSPS) is 25.6. The van der Waals surface area contributed by atoms with Gasteiger partial charge in [0, 0.05) is 13.0 Å². The third-order valence-corrected chi connectivity index (χ3v) is 4.65. The van der Waals surface area contributed by atoms with Crippen LogP contribution >= 0.6 is 0 Å². The van der Waals surface area contributed by atoms with Crippen LogP contribution in [0.25, 0.3) is 11.0 Å². The summed E-state index contributed by atoms with van der Waals surface area (Å²) in [7, 11) is 0. The van der Waals surface area contributed by atoms with E-state index in [4.69, 9.17) is 4.74 Å². The van der Waals surface area contributed by atoms with Gasteiger partial charge in [-0.25, -0.2) is 9.78 Å². The van der Waals surface area contributed by atoms with Gasteiger partial charge in [0.1, 0.15) is 5.82 Å². The van der Waals surface area contributed by atoms with E-state index in [0.29, 0.717) is 5.56 Å². The molecule has 1 aliphatic heterocycles. The van der Waals surface area contributed by atoms with E-state index >= 15 is 0 Å². The summed E-state index contributed by atoms with van der Waals surface area (Å²) in [4.78, 5) is 15.9. The van der Waals surface area contributed by atoms with E-state index in [2.05, 4.69) is 30.3 Å². The van der Waals surface area contributed by atoms with E-state index < -0.39 is 5.97 Å². The Balaban J connectivity index is 2.28. The average Bonchev–Trinajstić information content (AvgIpc) is 2.99. The second-order valence-electron chi connectivity index (χ2n) is 5.85. The number of imidazole rings is 1. The van der Waals surface area contributed by atoms with Gasteiger partial charge in [0.05, 0.1) is 28.2 Å². The summed E-state index contributed by atoms with van der Waals surface area (Å²) >= 11 is 0. The van der Waals surface area contributed by atoms with Crippen LogP contribution < -0.4 is 0 Å². The lowest BCUT2D eigenvalue weighted by molar-refractivity contribution is 0.0697. The monoisotopic (exact) mass is 288 g/mol. The van der Waals surface area contributed by atoms with Crippen LogP contribution in [0.2, 0.25) is 0 Å². The van der Waals surface area contributed by atoms with Gasteiger partial charge >= 0.3 is 5.97 Å². The molecule has 0 amide bonds. The summed E-state index contributed by atoms with van der Waals surface area (Å²) in [5.41, 5.74) is 1.84. The average molecular weight is 288 g/mol. The minimum Gasteiger partial charge on any atom is -0.478 e. The quantitative estimate of drug-likeness (QED) is 0.943. The first-order valence-corrected chi connectivity index (χ1v) is 7.34. The molecule has 0 saturated carbocycles. The molecular formula is C16H20N2O3. The zero-order valence-corrected chi connectivity index (χ0v) is 12.6. The van der Waals surface area contributed by atoms with Gasteiger partial charge in [0.25, 0.3) is 0 Å². The lowest BCUT2D eigenvalue weighted by Gasteiger charge is -2.32. The topological polar surface area (TPSA) is 64.3 Å². The van der Waals surface area contributed by atoms with Gasteiger partial charge in [-0.3, -0.25) is 0 Å². The van der Waals surface area contributed by atoms with Crippen LogP contribution in [-0.2, 0) is 16.7 Å². The maximum atomic E-state index is 11.2. The predicted octanol–water partition coefficient (Wildman–Crippen LogP) is 2.82. The summed E-state index contributed by atoms with van der Waals surface area (Å²) in [6.07, 6.45) is 1.79. The molecular weight excluding hydrogens is 268 g/mol. The van der Waals surface area contributed by atoms with Gasteiger partial charge in [0.15, 0.2) is 0 Å². The highest BCUT2D eigenvalue weighted by atomic mass is 16.5. The van der Waals surface area contributed by atoms with Crippen molar-refractivity contribution in [1.29, 1.82) is 0 Å². The number of carboxylic acids is 1. The molecule has 5 nitrogen and oxygen atoms in total. The minimum atomic E-state index is -0.913. The van der Waals surface area contributed by atoms with E-state index in [-0.39, 0.29) is 11.6 Å². The van der Waals surface area contributed by atoms with Crippen molar-refractivity contribution < 1.29 is 14.6 Å². The highest BCUT2D eigenvalue weighted by Gasteiger charge is 2.40. The summed E-state index contributed by atoms with van der Waals surface area (Å²) in [6.45, 7) is 7.02. The molecule has 3 rings (SSSR count). The third kappa shape index (κ3) is 2.03. The summed E-state index contributed by atoms with van der Waals surface area (Å²) < 4.78 is 7.94. The summed E-state index contributed by atoms with van der Waals surface area (Å²) in [5.74, 6) is 0.0657.